The molecule has 7 aromatic carbocycles. The third-order valence-electron chi connectivity index (χ3n) is 9.98. The number of pyridine rings is 1. The zero-order valence-corrected chi connectivity index (χ0v) is 33.9. The van der Waals surface area contributed by atoms with Crippen LogP contribution in [-0.2, 0) is 20.1 Å². The van der Waals surface area contributed by atoms with Crippen LogP contribution in [0.15, 0.2) is 188 Å². The molecule has 0 aliphatic heterocycles. The van der Waals surface area contributed by atoms with Crippen molar-refractivity contribution >= 4 is 0 Å². The number of aromatic nitrogens is 4. The number of nitrogens with zero attached hydrogens (tertiary/aromatic N) is 4. The first-order valence-electron chi connectivity index (χ1n) is 18.8. The van der Waals surface area contributed by atoms with Gasteiger partial charge in [0.2, 0.25) is 0 Å². The Morgan fingerprint density at radius 1 is 0.368 bits per heavy atom. The summed E-state index contributed by atoms with van der Waals surface area (Å²) in [4.78, 5) is 19.6. The summed E-state index contributed by atoms with van der Waals surface area (Å²) >= 11 is 0. The van der Waals surface area contributed by atoms with Crippen molar-refractivity contribution in [3.05, 3.63) is 205 Å². The minimum Gasteiger partial charge on any atom is -0.304 e. The SMILES string of the molecule is Cc1cc(C)cc(-c2ccccc2-c2c[c-]c(-c3ccc(-c4nc(-c5ccccc5)nc(-c5ccccc5)n4)cn3)cc2-c2cccc(-c3ccccc3)c2)c1.[Ir]. The number of hydrogen-bond acceptors (Lipinski definition) is 4. The van der Waals surface area contributed by atoms with Crippen molar-refractivity contribution < 1.29 is 20.1 Å². The number of aryl methyl sites for hydroxylation is 2. The molecule has 9 rings (SSSR count). The van der Waals surface area contributed by atoms with Crippen LogP contribution in [0.1, 0.15) is 11.1 Å². The van der Waals surface area contributed by atoms with Crippen LogP contribution in [0.25, 0.3) is 89.9 Å². The second-order valence-electron chi connectivity index (χ2n) is 14.0. The van der Waals surface area contributed by atoms with Gasteiger partial charge < -0.3 is 4.98 Å². The van der Waals surface area contributed by atoms with Crippen LogP contribution < -0.4 is 0 Å². The van der Waals surface area contributed by atoms with E-state index in [0.717, 1.165) is 55.8 Å². The summed E-state index contributed by atoms with van der Waals surface area (Å²) in [5.41, 5.74) is 16.1. The van der Waals surface area contributed by atoms with Gasteiger partial charge in [0.1, 0.15) is 0 Å². The van der Waals surface area contributed by atoms with Gasteiger partial charge in [0.25, 0.3) is 0 Å². The van der Waals surface area contributed by atoms with Crippen molar-refractivity contribution in [3.63, 3.8) is 0 Å². The molecular weight excluding hydrogens is 873 g/mol. The van der Waals surface area contributed by atoms with E-state index < -0.39 is 0 Å². The van der Waals surface area contributed by atoms with Crippen LogP contribution in [0.3, 0.4) is 0 Å². The fourth-order valence-corrected chi connectivity index (χ4v) is 7.32. The van der Waals surface area contributed by atoms with Crippen molar-refractivity contribution in [3.8, 4) is 89.9 Å². The van der Waals surface area contributed by atoms with Crippen molar-refractivity contribution in [2.45, 2.75) is 13.8 Å². The zero-order valence-electron chi connectivity index (χ0n) is 31.5. The maximum absolute atomic E-state index is 4.99. The van der Waals surface area contributed by atoms with Gasteiger partial charge in [-0.25, -0.2) is 15.0 Å². The summed E-state index contributed by atoms with van der Waals surface area (Å²) in [7, 11) is 0. The monoisotopic (exact) mass is 910 g/mol. The Balaban J connectivity index is 0.00000455. The Morgan fingerprint density at radius 3 is 1.49 bits per heavy atom. The van der Waals surface area contributed by atoms with E-state index in [9.17, 15) is 0 Å². The van der Waals surface area contributed by atoms with E-state index in [4.69, 9.17) is 19.9 Å². The minimum absolute atomic E-state index is 0. The van der Waals surface area contributed by atoms with Gasteiger partial charge in [-0.1, -0.05) is 192 Å². The van der Waals surface area contributed by atoms with E-state index >= 15 is 0 Å². The Hall–Kier alpha value is -6.65. The third-order valence-corrected chi connectivity index (χ3v) is 9.98. The van der Waals surface area contributed by atoms with E-state index in [1.165, 1.54) is 27.8 Å². The van der Waals surface area contributed by atoms with Crippen LogP contribution in [-0.4, -0.2) is 19.9 Å². The van der Waals surface area contributed by atoms with Crippen molar-refractivity contribution in [2.24, 2.45) is 0 Å². The van der Waals surface area contributed by atoms with Crippen LogP contribution in [0.4, 0.5) is 0 Å². The molecule has 0 amide bonds. The molecule has 5 heteroatoms. The summed E-state index contributed by atoms with van der Waals surface area (Å²) in [5.74, 6) is 1.80. The molecule has 4 nitrogen and oxygen atoms in total. The molecule has 2 aromatic heterocycles. The van der Waals surface area contributed by atoms with Gasteiger partial charge in [-0.05, 0) is 53.4 Å². The first kappa shape index (κ1) is 37.3. The smallest absolute Gasteiger partial charge is 0.165 e. The first-order chi connectivity index (χ1) is 27.6. The molecule has 1 radical (unpaired) electrons. The van der Waals surface area contributed by atoms with E-state index in [1.54, 1.807) is 0 Å². The Labute approximate surface area is 347 Å². The molecule has 0 saturated carbocycles. The number of hydrogen-bond donors (Lipinski definition) is 0. The summed E-state index contributed by atoms with van der Waals surface area (Å²) < 4.78 is 0. The average Bonchev–Trinajstić information content (AvgIpc) is 3.27. The topological polar surface area (TPSA) is 51.6 Å². The van der Waals surface area contributed by atoms with E-state index in [0.29, 0.717) is 17.5 Å². The molecule has 0 atom stereocenters. The van der Waals surface area contributed by atoms with Gasteiger partial charge in [0.15, 0.2) is 17.5 Å². The van der Waals surface area contributed by atoms with E-state index in [-0.39, 0.29) is 20.1 Å². The fraction of sp³-hybridized carbons (Fsp3) is 0.0385. The number of rotatable bonds is 8. The maximum atomic E-state index is 4.99. The molecule has 0 aliphatic carbocycles. The van der Waals surface area contributed by atoms with E-state index in [1.807, 2.05) is 79.0 Å². The van der Waals surface area contributed by atoms with Gasteiger partial charge in [0.05, 0.1) is 0 Å². The number of benzene rings is 7. The average molecular weight is 910 g/mol. The summed E-state index contributed by atoms with van der Waals surface area (Å²) in [6, 6.07) is 66.8. The molecule has 0 fully saturated rings. The largest absolute Gasteiger partial charge is 0.304 e. The summed E-state index contributed by atoms with van der Waals surface area (Å²) in [5, 5.41) is 0. The Morgan fingerprint density at radius 2 is 0.895 bits per heavy atom. The molecule has 0 aliphatic rings. The molecule has 0 saturated heterocycles. The third kappa shape index (κ3) is 8.03. The quantitative estimate of drug-likeness (QED) is 0.143. The Bertz CT molecular complexity index is 2730. The molecule has 0 unspecified atom stereocenters. The second-order valence-corrected chi connectivity index (χ2v) is 14.0. The van der Waals surface area contributed by atoms with Crippen LogP contribution in [0.5, 0.6) is 0 Å². The van der Waals surface area contributed by atoms with E-state index in [2.05, 4.69) is 129 Å². The van der Waals surface area contributed by atoms with Crippen molar-refractivity contribution in [2.75, 3.05) is 0 Å². The van der Waals surface area contributed by atoms with Gasteiger partial charge in [0, 0.05) is 43.0 Å². The van der Waals surface area contributed by atoms with Gasteiger partial charge in [-0.15, -0.1) is 23.8 Å². The van der Waals surface area contributed by atoms with Gasteiger partial charge in [-0.3, -0.25) is 0 Å². The normalized spacial score (nSPS) is 10.8. The molecule has 275 valence electrons. The second kappa shape index (κ2) is 16.6. The molecular formula is C52H37IrN4-. The molecule has 0 spiro atoms. The minimum atomic E-state index is 0. The molecule has 0 bridgehead atoms. The van der Waals surface area contributed by atoms with Crippen LogP contribution in [0, 0.1) is 19.9 Å². The van der Waals surface area contributed by atoms with Crippen molar-refractivity contribution in [1.29, 1.82) is 0 Å². The molecule has 0 N–H and O–H groups in total. The summed E-state index contributed by atoms with van der Waals surface area (Å²) in [6.45, 7) is 4.32. The van der Waals surface area contributed by atoms with Crippen LogP contribution in [0.2, 0.25) is 0 Å². The zero-order chi connectivity index (χ0) is 37.8. The van der Waals surface area contributed by atoms with Crippen molar-refractivity contribution in [1.82, 2.24) is 19.9 Å². The Kier molecular flexibility index (Phi) is 10.9. The van der Waals surface area contributed by atoms with Crippen LogP contribution >= 0.6 is 0 Å². The summed E-state index contributed by atoms with van der Waals surface area (Å²) in [6.07, 6.45) is 1.85. The fourth-order valence-electron chi connectivity index (χ4n) is 7.32. The first-order valence-corrected chi connectivity index (χ1v) is 18.8. The van der Waals surface area contributed by atoms with Gasteiger partial charge >= 0.3 is 0 Å². The predicted molar refractivity (Wildman–Crippen MR) is 229 cm³/mol. The molecule has 57 heavy (non-hydrogen) atoms. The molecule has 2 heterocycles. The van der Waals surface area contributed by atoms with Gasteiger partial charge in [-0.2, -0.15) is 0 Å². The maximum Gasteiger partial charge on any atom is 0.165 e. The molecule has 9 aromatic rings. The standard InChI is InChI=1S/C52H37N4.Ir/c1-35-29-36(2)31-44(30-35)45-23-12-13-24-46(45)47-27-25-42(33-48(47)41-22-14-21-40(32-41)37-15-6-3-7-16-37)49-28-26-43(34-53-49)52-55-50(38-17-8-4-9-18-38)54-51(56-52)39-19-10-5-11-20-39;/h3-24,26-34H,1-2H3;/q-1;. The predicted octanol–water partition coefficient (Wildman–Crippen LogP) is 13.0.